The third kappa shape index (κ3) is 1.71. The van der Waals surface area contributed by atoms with E-state index in [2.05, 4.69) is 15.2 Å². The van der Waals surface area contributed by atoms with Crippen LogP contribution in [0, 0.1) is 6.92 Å². The van der Waals surface area contributed by atoms with Crippen LogP contribution in [0.25, 0.3) is 22.4 Å². The summed E-state index contributed by atoms with van der Waals surface area (Å²) in [6.07, 6.45) is 0. The lowest BCUT2D eigenvalue weighted by Crippen LogP contribution is -2.06. The topological polar surface area (TPSA) is 112 Å². The fourth-order valence-electron chi connectivity index (χ4n) is 1.90. The number of nitrogens with zero attached hydrogens (tertiary/aromatic N) is 1. The van der Waals surface area contributed by atoms with Crippen molar-refractivity contribution < 1.29 is 9.52 Å². The van der Waals surface area contributed by atoms with Gasteiger partial charge in [-0.15, -0.1) is 0 Å². The van der Waals surface area contributed by atoms with Crippen LogP contribution in [0.4, 0.5) is 0 Å². The van der Waals surface area contributed by atoms with Crippen LogP contribution in [0.2, 0.25) is 0 Å². The van der Waals surface area contributed by atoms with E-state index in [0.29, 0.717) is 5.39 Å². The number of H-pyrrole nitrogens is 2. The van der Waals surface area contributed by atoms with Crippen molar-refractivity contribution in [3.63, 3.8) is 0 Å². The highest BCUT2D eigenvalue weighted by Crippen LogP contribution is 2.31. The zero-order valence-corrected chi connectivity index (χ0v) is 9.85. The summed E-state index contributed by atoms with van der Waals surface area (Å²) in [5.41, 5.74) is -0.334. The summed E-state index contributed by atoms with van der Waals surface area (Å²) in [7, 11) is 0. The molecule has 0 bridgehead atoms. The second kappa shape index (κ2) is 3.84. The number of aromatic hydroxyl groups is 1. The van der Waals surface area contributed by atoms with Gasteiger partial charge in [-0.2, -0.15) is 5.10 Å². The van der Waals surface area contributed by atoms with Gasteiger partial charge in [-0.3, -0.25) is 4.98 Å². The minimum atomic E-state index is -0.767. The van der Waals surface area contributed by atoms with Gasteiger partial charge in [0.2, 0.25) is 0 Å². The maximum Gasteiger partial charge on any atom is 0.351 e. The first-order valence-electron chi connectivity index (χ1n) is 5.48. The predicted octanol–water partition coefficient (Wildman–Crippen LogP) is 0.885. The lowest BCUT2D eigenvalue weighted by atomic mass is 10.1. The first-order chi connectivity index (χ1) is 9.06. The lowest BCUT2D eigenvalue weighted by molar-refractivity contribution is 0.470. The fourth-order valence-corrected chi connectivity index (χ4v) is 1.90. The summed E-state index contributed by atoms with van der Waals surface area (Å²) >= 11 is 0. The van der Waals surface area contributed by atoms with Gasteiger partial charge in [0.15, 0.2) is 5.82 Å². The average molecular weight is 259 g/mol. The highest BCUT2D eigenvalue weighted by molar-refractivity contribution is 5.89. The summed E-state index contributed by atoms with van der Waals surface area (Å²) in [5.74, 6) is -0.322. The molecule has 0 unspecified atom stereocenters. The van der Waals surface area contributed by atoms with Crippen LogP contribution in [0.3, 0.4) is 0 Å². The summed E-state index contributed by atoms with van der Waals surface area (Å²) in [5, 5.41) is 16.3. The maximum absolute atomic E-state index is 11.8. The molecule has 0 saturated carbocycles. The lowest BCUT2D eigenvalue weighted by Gasteiger charge is -2.04. The van der Waals surface area contributed by atoms with E-state index in [0.717, 1.165) is 5.56 Å². The maximum atomic E-state index is 11.8. The van der Waals surface area contributed by atoms with Gasteiger partial charge in [-0.25, -0.2) is 14.7 Å². The summed E-state index contributed by atoms with van der Waals surface area (Å²) in [6.45, 7) is 1.85. The monoisotopic (exact) mass is 259 g/mol. The molecule has 2 heterocycles. The van der Waals surface area contributed by atoms with Gasteiger partial charge in [-0.05, 0) is 19.1 Å². The number of aromatic nitrogens is 3. The minimum absolute atomic E-state index is 0.0559. The zero-order valence-electron chi connectivity index (χ0n) is 9.85. The quantitative estimate of drug-likeness (QED) is 0.562. The van der Waals surface area contributed by atoms with Crippen molar-refractivity contribution >= 4 is 11.0 Å². The van der Waals surface area contributed by atoms with Crippen molar-refractivity contribution in [3.05, 3.63) is 44.7 Å². The highest BCUT2D eigenvalue weighted by atomic mass is 16.4. The van der Waals surface area contributed by atoms with Crippen LogP contribution in [0.15, 0.2) is 32.2 Å². The third-order valence-corrected chi connectivity index (χ3v) is 2.77. The van der Waals surface area contributed by atoms with E-state index >= 15 is 0 Å². The van der Waals surface area contributed by atoms with Crippen LogP contribution in [0.1, 0.15) is 5.56 Å². The zero-order chi connectivity index (χ0) is 13.6. The second-order valence-electron chi connectivity index (χ2n) is 4.14. The first-order valence-corrected chi connectivity index (χ1v) is 5.48. The molecule has 3 aromatic rings. The third-order valence-electron chi connectivity index (χ3n) is 2.77. The van der Waals surface area contributed by atoms with Crippen LogP contribution >= 0.6 is 0 Å². The normalized spacial score (nSPS) is 11.0. The molecule has 3 rings (SSSR count). The van der Waals surface area contributed by atoms with Crippen molar-refractivity contribution in [2.45, 2.75) is 6.92 Å². The Hall–Kier alpha value is -2.83. The molecule has 0 radical (unpaired) electrons. The van der Waals surface area contributed by atoms with E-state index in [1.807, 2.05) is 6.92 Å². The fraction of sp³-hybridized carbons (Fsp3) is 0.0833. The molecule has 0 saturated heterocycles. The van der Waals surface area contributed by atoms with Crippen molar-refractivity contribution in [1.82, 2.24) is 15.2 Å². The largest absolute Gasteiger partial charge is 0.506 e. The Morgan fingerprint density at radius 3 is 2.79 bits per heavy atom. The van der Waals surface area contributed by atoms with E-state index in [1.54, 1.807) is 18.2 Å². The molecule has 7 heteroatoms. The van der Waals surface area contributed by atoms with E-state index in [4.69, 9.17) is 4.42 Å². The molecule has 96 valence electrons. The Kier molecular flexibility index (Phi) is 2.28. The Labute approximate surface area is 105 Å². The van der Waals surface area contributed by atoms with Crippen molar-refractivity contribution in [3.8, 4) is 17.1 Å². The Morgan fingerprint density at radius 2 is 2.11 bits per heavy atom. The van der Waals surface area contributed by atoms with Gasteiger partial charge in [0.1, 0.15) is 16.9 Å². The Balaban J connectivity index is 2.43. The molecule has 1 aromatic carbocycles. The summed E-state index contributed by atoms with van der Waals surface area (Å²) < 4.78 is 5.10. The molecule has 0 fully saturated rings. The van der Waals surface area contributed by atoms with Crippen molar-refractivity contribution in [2.75, 3.05) is 0 Å². The Bertz CT molecular complexity index is 888. The average Bonchev–Trinajstić information content (AvgIpc) is 2.77. The molecule has 0 aliphatic carbocycles. The number of nitrogens with one attached hydrogen (secondary N) is 2. The van der Waals surface area contributed by atoms with Crippen LogP contribution in [0.5, 0.6) is 5.75 Å². The number of aromatic amines is 2. The standard InChI is InChI=1S/C12H9N3O4/c1-5-2-3-7-6(4-5)9(16)8(11(17)19-7)10-13-12(18)15-14-10/h2-4,16H,1H3,(H2,13,14,15,18). The van der Waals surface area contributed by atoms with Gasteiger partial charge in [0.05, 0.1) is 5.39 Å². The van der Waals surface area contributed by atoms with Crippen LogP contribution < -0.4 is 11.3 Å². The van der Waals surface area contributed by atoms with Gasteiger partial charge in [0, 0.05) is 0 Å². The number of rotatable bonds is 1. The minimum Gasteiger partial charge on any atom is -0.506 e. The van der Waals surface area contributed by atoms with Crippen molar-refractivity contribution in [1.29, 1.82) is 0 Å². The number of benzene rings is 1. The number of aryl methyl sites for hydroxylation is 1. The molecule has 19 heavy (non-hydrogen) atoms. The Morgan fingerprint density at radius 1 is 1.32 bits per heavy atom. The number of hydrogen-bond acceptors (Lipinski definition) is 5. The molecule has 3 N–H and O–H groups in total. The summed E-state index contributed by atoms with van der Waals surface area (Å²) in [6, 6.07) is 5.05. The molecule has 0 aliphatic heterocycles. The van der Waals surface area contributed by atoms with E-state index in [-0.39, 0.29) is 22.7 Å². The molecule has 0 aliphatic rings. The van der Waals surface area contributed by atoms with E-state index < -0.39 is 11.3 Å². The summed E-state index contributed by atoms with van der Waals surface area (Å²) in [4.78, 5) is 25.2. The molecule has 7 nitrogen and oxygen atoms in total. The highest BCUT2D eigenvalue weighted by Gasteiger charge is 2.18. The second-order valence-corrected chi connectivity index (χ2v) is 4.14. The van der Waals surface area contributed by atoms with E-state index in [9.17, 15) is 14.7 Å². The molecule has 0 amide bonds. The smallest absolute Gasteiger partial charge is 0.351 e. The number of fused-ring (bicyclic) bond motifs is 1. The van der Waals surface area contributed by atoms with Gasteiger partial charge < -0.3 is 9.52 Å². The molecular weight excluding hydrogens is 250 g/mol. The van der Waals surface area contributed by atoms with Gasteiger partial charge >= 0.3 is 11.3 Å². The molecule has 0 atom stereocenters. The number of hydrogen-bond donors (Lipinski definition) is 3. The van der Waals surface area contributed by atoms with Crippen LogP contribution in [-0.2, 0) is 0 Å². The molecular formula is C12H9N3O4. The first kappa shape index (κ1) is 11.3. The SMILES string of the molecule is Cc1ccc2oc(=O)c(-c3n[nH]c(=O)[nH]3)c(O)c2c1. The van der Waals surface area contributed by atoms with Crippen LogP contribution in [-0.4, -0.2) is 20.3 Å². The van der Waals surface area contributed by atoms with Gasteiger partial charge in [0.25, 0.3) is 0 Å². The van der Waals surface area contributed by atoms with Gasteiger partial charge in [-0.1, -0.05) is 11.6 Å². The van der Waals surface area contributed by atoms with Crippen molar-refractivity contribution in [2.24, 2.45) is 0 Å². The molecule has 2 aromatic heterocycles. The van der Waals surface area contributed by atoms with E-state index in [1.165, 1.54) is 0 Å². The predicted molar refractivity (Wildman–Crippen MR) is 67.1 cm³/mol. The molecule has 0 spiro atoms.